The molecule has 3 aromatic rings. The number of anilines is 3. The Balaban J connectivity index is 0.00000274. The van der Waals surface area contributed by atoms with Crippen LogP contribution in [0.25, 0.3) is 10.8 Å². The first-order chi connectivity index (χ1) is 16.0. The predicted molar refractivity (Wildman–Crippen MR) is 131 cm³/mol. The van der Waals surface area contributed by atoms with Crippen molar-refractivity contribution in [3.63, 3.8) is 0 Å². The van der Waals surface area contributed by atoms with E-state index < -0.39 is 23.2 Å². The molecule has 0 spiro atoms. The van der Waals surface area contributed by atoms with E-state index in [0.29, 0.717) is 25.5 Å². The lowest BCUT2D eigenvalue weighted by molar-refractivity contribution is -0.120. The van der Waals surface area contributed by atoms with Gasteiger partial charge >= 0.3 is 0 Å². The van der Waals surface area contributed by atoms with E-state index in [0.717, 1.165) is 34.3 Å². The van der Waals surface area contributed by atoms with E-state index >= 15 is 0 Å². The molecule has 0 bridgehead atoms. The topological polar surface area (TPSA) is 64.7 Å². The van der Waals surface area contributed by atoms with Gasteiger partial charge < -0.3 is 20.4 Å². The summed E-state index contributed by atoms with van der Waals surface area (Å²) in [5, 5.41) is 7.47. The van der Waals surface area contributed by atoms with Gasteiger partial charge in [0.05, 0.1) is 11.4 Å². The van der Waals surface area contributed by atoms with E-state index in [1.54, 1.807) is 0 Å². The van der Waals surface area contributed by atoms with Crippen molar-refractivity contribution in [2.75, 3.05) is 41.8 Å². The summed E-state index contributed by atoms with van der Waals surface area (Å²) in [6, 6.07) is 15.4. The summed E-state index contributed by atoms with van der Waals surface area (Å²) in [5.41, 5.74) is 1.12. The number of rotatable bonds is 5. The number of likely N-dealkylation sites (N-methyl/N-ethyl adjacent to an activating group) is 1. The standard InChI is InChI=1S/C25H22F2N4O2.ClH/c1-28-10-12-31-20-14-16-6-3-2-5-15(16)13-19(20)30-11-9-21(32)22(25(30)31)24(33)29-23-17(26)7-4-8-18(23)27;/h2-8,13-14,28H,9-12H2,1H3,(H,29,33);1H. The number of amides is 1. The Bertz CT molecular complexity index is 1310. The van der Waals surface area contributed by atoms with Gasteiger partial charge in [-0.1, -0.05) is 30.3 Å². The summed E-state index contributed by atoms with van der Waals surface area (Å²) >= 11 is 0. The van der Waals surface area contributed by atoms with Crippen molar-refractivity contribution >= 4 is 51.9 Å². The molecule has 0 saturated heterocycles. The fourth-order valence-corrected chi connectivity index (χ4v) is 4.45. The van der Waals surface area contributed by atoms with Gasteiger partial charge in [-0.3, -0.25) is 9.59 Å². The molecule has 34 heavy (non-hydrogen) atoms. The molecule has 9 heteroatoms. The minimum absolute atomic E-state index is 0. The van der Waals surface area contributed by atoms with Crippen molar-refractivity contribution in [2.45, 2.75) is 6.42 Å². The van der Waals surface area contributed by atoms with E-state index in [2.05, 4.69) is 10.6 Å². The maximum absolute atomic E-state index is 14.2. The highest BCUT2D eigenvalue weighted by molar-refractivity contribution is 6.26. The monoisotopic (exact) mass is 484 g/mol. The third-order valence-electron chi connectivity index (χ3n) is 6.01. The molecule has 0 radical (unpaired) electrons. The lowest BCUT2D eigenvalue weighted by Crippen LogP contribution is -2.42. The van der Waals surface area contributed by atoms with Gasteiger partial charge in [0.25, 0.3) is 5.91 Å². The van der Waals surface area contributed by atoms with Crippen LogP contribution in [-0.4, -0.2) is 38.4 Å². The Morgan fingerprint density at radius 3 is 2.29 bits per heavy atom. The number of para-hydroxylation sites is 1. The second-order valence-electron chi connectivity index (χ2n) is 8.02. The molecule has 2 heterocycles. The maximum Gasteiger partial charge on any atom is 0.263 e. The number of nitrogens with one attached hydrogen (secondary N) is 2. The minimum atomic E-state index is -0.901. The zero-order chi connectivity index (χ0) is 23.1. The van der Waals surface area contributed by atoms with Crippen molar-refractivity contribution in [3.05, 3.63) is 77.6 Å². The first kappa shape index (κ1) is 23.7. The number of ketones is 1. The zero-order valence-electron chi connectivity index (χ0n) is 18.4. The molecule has 0 aromatic heterocycles. The number of hydrogen-bond donors (Lipinski definition) is 2. The quantitative estimate of drug-likeness (QED) is 0.531. The van der Waals surface area contributed by atoms with Gasteiger partial charge in [0.2, 0.25) is 0 Å². The molecule has 3 aromatic carbocycles. The third kappa shape index (κ3) is 3.89. The third-order valence-corrected chi connectivity index (χ3v) is 6.01. The first-order valence-corrected chi connectivity index (χ1v) is 10.7. The lowest BCUT2D eigenvalue weighted by atomic mass is 10.0. The van der Waals surface area contributed by atoms with Gasteiger partial charge in [0, 0.05) is 26.1 Å². The van der Waals surface area contributed by atoms with Crippen LogP contribution in [0.4, 0.5) is 25.8 Å². The molecule has 6 nitrogen and oxygen atoms in total. The van der Waals surface area contributed by atoms with Gasteiger partial charge in [0.15, 0.2) is 5.78 Å². The van der Waals surface area contributed by atoms with E-state index in [-0.39, 0.29) is 30.2 Å². The number of Topliss-reactive ketones (excluding diaryl/α,β-unsaturated/α-hetero) is 1. The maximum atomic E-state index is 14.2. The summed E-state index contributed by atoms with van der Waals surface area (Å²) in [5.74, 6) is -2.54. The molecule has 0 fully saturated rings. The summed E-state index contributed by atoms with van der Waals surface area (Å²) in [6.07, 6.45) is 0.123. The Morgan fingerprint density at radius 1 is 1.00 bits per heavy atom. The van der Waals surface area contributed by atoms with Gasteiger partial charge in [-0.05, 0) is 42.1 Å². The normalized spacial score (nSPS) is 14.7. The summed E-state index contributed by atoms with van der Waals surface area (Å²) in [4.78, 5) is 30.1. The van der Waals surface area contributed by atoms with Crippen LogP contribution < -0.4 is 20.4 Å². The minimum Gasteiger partial charge on any atom is -0.325 e. The Labute approximate surface area is 201 Å². The largest absolute Gasteiger partial charge is 0.325 e. The smallest absolute Gasteiger partial charge is 0.263 e. The number of carbonyl (C=O) groups is 2. The number of hydrogen-bond acceptors (Lipinski definition) is 5. The van der Waals surface area contributed by atoms with Crippen molar-refractivity contribution in [2.24, 2.45) is 0 Å². The molecule has 0 atom stereocenters. The van der Waals surface area contributed by atoms with Crippen LogP contribution in [0.5, 0.6) is 0 Å². The van der Waals surface area contributed by atoms with Crippen molar-refractivity contribution in [1.29, 1.82) is 0 Å². The summed E-state index contributed by atoms with van der Waals surface area (Å²) < 4.78 is 28.4. The average molecular weight is 485 g/mol. The van der Waals surface area contributed by atoms with E-state index in [4.69, 9.17) is 0 Å². The molecule has 2 aliphatic heterocycles. The van der Waals surface area contributed by atoms with Crippen molar-refractivity contribution in [3.8, 4) is 0 Å². The molecule has 176 valence electrons. The van der Waals surface area contributed by atoms with Gasteiger partial charge in [0.1, 0.15) is 28.7 Å². The number of carbonyl (C=O) groups excluding carboxylic acids is 2. The van der Waals surface area contributed by atoms with Crippen LogP contribution >= 0.6 is 12.4 Å². The van der Waals surface area contributed by atoms with Crippen LogP contribution in [0.1, 0.15) is 6.42 Å². The lowest BCUT2D eigenvalue weighted by Gasteiger charge is -2.31. The van der Waals surface area contributed by atoms with Crippen LogP contribution in [-0.2, 0) is 9.59 Å². The second-order valence-corrected chi connectivity index (χ2v) is 8.02. The summed E-state index contributed by atoms with van der Waals surface area (Å²) in [7, 11) is 1.82. The fraction of sp³-hybridized carbons (Fsp3) is 0.200. The van der Waals surface area contributed by atoms with Crippen molar-refractivity contribution in [1.82, 2.24) is 5.32 Å². The van der Waals surface area contributed by atoms with E-state index in [1.807, 2.05) is 53.2 Å². The number of benzene rings is 3. The van der Waals surface area contributed by atoms with E-state index in [9.17, 15) is 18.4 Å². The van der Waals surface area contributed by atoms with Crippen LogP contribution in [0.2, 0.25) is 0 Å². The predicted octanol–water partition coefficient (Wildman–Crippen LogP) is 4.21. The Hall–Kier alpha value is -3.49. The Kier molecular flexibility index (Phi) is 6.54. The summed E-state index contributed by atoms with van der Waals surface area (Å²) in [6.45, 7) is 1.53. The molecule has 2 aliphatic rings. The highest BCUT2D eigenvalue weighted by Crippen LogP contribution is 2.46. The van der Waals surface area contributed by atoms with Crippen molar-refractivity contribution < 1.29 is 18.4 Å². The number of nitrogens with zero attached hydrogens (tertiary/aromatic N) is 2. The highest BCUT2D eigenvalue weighted by Gasteiger charge is 2.41. The number of fused-ring (bicyclic) bond motifs is 4. The second kappa shape index (κ2) is 9.40. The molecule has 0 unspecified atom stereocenters. The molecule has 5 rings (SSSR count). The molecular weight excluding hydrogens is 462 g/mol. The van der Waals surface area contributed by atoms with Gasteiger partial charge in [-0.2, -0.15) is 0 Å². The SMILES string of the molecule is CNCCN1C2=C(C(=O)Nc3c(F)cccc3F)C(=O)CCN2c2cc3ccccc3cc21.Cl. The number of halogens is 3. The average Bonchev–Trinajstić information content (AvgIpc) is 3.10. The van der Waals surface area contributed by atoms with Crippen LogP contribution in [0, 0.1) is 11.6 Å². The molecule has 2 N–H and O–H groups in total. The Morgan fingerprint density at radius 2 is 1.65 bits per heavy atom. The van der Waals surface area contributed by atoms with Crippen LogP contribution in [0.15, 0.2) is 66.0 Å². The van der Waals surface area contributed by atoms with Gasteiger partial charge in [-0.25, -0.2) is 8.78 Å². The highest BCUT2D eigenvalue weighted by atomic mass is 35.5. The van der Waals surface area contributed by atoms with Gasteiger partial charge in [-0.15, -0.1) is 12.4 Å². The molecule has 0 aliphatic carbocycles. The molecule has 1 amide bonds. The van der Waals surface area contributed by atoms with E-state index in [1.165, 1.54) is 6.07 Å². The first-order valence-electron chi connectivity index (χ1n) is 10.7. The molecular formula is C25H23ClF2N4O2. The van der Waals surface area contributed by atoms with Crippen LogP contribution in [0.3, 0.4) is 0 Å². The zero-order valence-corrected chi connectivity index (χ0v) is 19.2. The fourth-order valence-electron chi connectivity index (χ4n) is 4.45. The molecule has 0 saturated carbocycles.